The molecular formula is C12H9N5O2S2. The zero-order valence-corrected chi connectivity index (χ0v) is 12.3. The number of nitro groups is 1. The average molecular weight is 319 g/mol. The van der Waals surface area contributed by atoms with E-state index in [1.54, 1.807) is 6.08 Å². The summed E-state index contributed by atoms with van der Waals surface area (Å²) in [4.78, 5) is 10.9. The fourth-order valence-electron chi connectivity index (χ4n) is 1.39. The van der Waals surface area contributed by atoms with Gasteiger partial charge in [-0.2, -0.15) is 5.26 Å². The van der Waals surface area contributed by atoms with E-state index < -0.39 is 4.92 Å². The number of rotatable bonds is 6. The maximum absolute atomic E-state index is 11.0. The molecule has 1 aromatic carbocycles. The summed E-state index contributed by atoms with van der Waals surface area (Å²) in [5.74, 6) is 0. The molecule has 106 valence electrons. The van der Waals surface area contributed by atoms with Crippen molar-refractivity contribution in [3.05, 3.63) is 46.5 Å². The van der Waals surface area contributed by atoms with Crippen LogP contribution >= 0.6 is 23.1 Å². The topological polar surface area (TPSA) is 105 Å². The highest BCUT2D eigenvalue weighted by molar-refractivity contribution is 8.01. The molecule has 1 heterocycles. The molecule has 0 saturated carbocycles. The molecule has 0 amide bonds. The van der Waals surface area contributed by atoms with Gasteiger partial charge in [-0.25, -0.2) is 0 Å². The Morgan fingerprint density at radius 1 is 1.57 bits per heavy atom. The Balaban J connectivity index is 2.25. The summed E-state index contributed by atoms with van der Waals surface area (Å²) in [6, 6.07) is 6.17. The van der Waals surface area contributed by atoms with Gasteiger partial charge in [0.1, 0.15) is 0 Å². The van der Waals surface area contributed by atoms with Crippen LogP contribution in [-0.4, -0.2) is 21.7 Å². The first-order valence-electron chi connectivity index (χ1n) is 5.68. The van der Waals surface area contributed by atoms with Crippen LogP contribution in [0.4, 0.5) is 10.8 Å². The van der Waals surface area contributed by atoms with Crippen molar-refractivity contribution in [1.82, 2.24) is 10.2 Å². The molecule has 0 aliphatic rings. The van der Waals surface area contributed by atoms with Crippen LogP contribution < -0.4 is 5.32 Å². The Morgan fingerprint density at radius 2 is 2.38 bits per heavy atom. The van der Waals surface area contributed by atoms with Gasteiger partial charge >= 0.3 is 0 Å². The lowest BCUT2D eigenvalue weighted by Gasteiger charge is -2.00. The second-order valence-electron chi connectivity index (χ2n) is 3.70. The monoisotopic (exact) mass is 319 g/mol. The zero-order chi connectivity index (χ0) is 15.2. The fourth-order valence-corrected chi connectivity index (χ4v) is 3.25. The Labute approximate surface area is 128 Å². The molecule has 21 heavy (non-hydrogen) atoms. The molecule has 0 aliphatic carbocycles. The van der Waals surface area contributed by atoms with Gasteiger partial charge in [-0.3, -0.25) is 10.1 Å². The van der Waals surface area contributed by atoms with Gasteiger partial charge < -0.3 is 5.32 Å². The van der Waals surface area contributed by atoms with Crippen molar-refractivity contribution in [2.45, 2.75) is 9.24 Å². The fraction of sp³-hybridized carbons (Fsp3) is 0.0833. The minimum Gasteiger partial charge on any atom is -0.357 e. The Hall–Kier alpha value is -2.44. The summed E-state index contributed by atoms with van der Waals surface area (Å²) in [6.07, 6.45) is 1.69. The van der Waals surface area contributed by atoms with Crippen LogP contribution in [-0.2, 0) is 0 Å². The summed E-state index contributed by atoms with van der Waals surface area (Å²) in [7, 11) is 0. The van der Waals surface area contributed by atoms with Crippen LogP contribution in [0, 0.1) is 21.4 Å². The van der Waals surface area contributed by atoms with Gasteiger partial charge in [-0.1, -0.05) is 17.4 Å². The molecule has 0 unspecified atom stereocenters. The van der Waals surface area contributed by atoms with Crippen molar-refractivity contribution in [1.29, 1.82) is 5.26 Å². The lowest BCUT2D eigenvalue weighted by Crippen LogP contribution is -1.96. The smallest absolute Gasteiger partial charge is 0.283 e. The molecule has 9 heteroatoms. The molecule has 0 saturated heterocycles. The van der Waals surface area contributed by atoms with Crippen molar-refractivity contribution in [2.75, 3.05) is 11.9 Å². The van der Waals surface area contributed by atoms with Crippen molar-refractivity contribution < 1.29 is 4.92 Å². The molecule has 0 atom stereocenters. The first-order valence-corrected chi connectivity index (χ1v) is 7.32. The van der Waals surface area contributed by atoms with E-state index in [4.69, 9.17) is 5.26 Å². The molecular weight excluding hydrogens is 310 g/mol. The van der Waals surface area contributed by atoms with E-state index in [0.29, 0.717) is 26.5 Å². The van der Waals surface area contributed by atoms with Gasteiger partial charge in [0.05, 0.1) is 21.5 Å². The van der Waals surface area contributed by atoms with E-state index in [1.165, 1.54) is 29.5 Å². The van der Waals surface area contributed by atoms with E-state index in [9.17, 15) is 10.1 Å². The molecule has 7 nitrogen and oxygen atoms in total. The molecule has 2 aromatic rings. The minimum atomic E-state index is -0.485. The summed E-state index contributed by atoms with van der Waals surface area (Å²) < 4.78 is 0.555. The van der Waals surface area contributed by atoms with Gasteiger partial charge in [-0.05, 0) is 23.9 Å². The molecule has 0 aliphatic heterocycles. The van der Waals surface area contributed by atoms with Crippen LogP contribution in [0.5, 0.6) is 0 Å². The highest BCUT2D eigenvalue weighted by Crippen LogP contribution is 2.37. The second-order valence-corrected chi connectivity index (χ2v) is 5.96. The van der Waals surface area contributed by atoms with E-state index in [-0.39, 0.29) is 5.69 Å². The number of nitriles is 1. The molecule has 0 spiro atoms. The molecule has 0 radical (unpaired) electrons. The third-order valence-corrected chi connectivity index (χ3v) is 4.27. The second kappa shape index (κ2) is 6.83. The van der Waals surface area contributed by atoms with Crippen LogP contribution in [0.25, 0.3) is 0 Å². The standard InChI is InChI=1S/C12H9N5O2S2/c1-2-5-14-11-15-16-12(21-11)20-10-6-8(7-13)3-4-9(10)17(18)19/h2-4,6H,1,5H2,(H,14,15). The van der Waals surface area contributed by atoms with Gasteiger partial charge in [0.25, 0.3) is 5.69 Å². The van der Waals surface area contributed by atoms with E-state index >= 15 is 0 Å². The van der Waals surface area contributed by atoms with Crippen LogP contribution in [0.15, 0.2) is 40.1 Å². The van der Waals surface area contributed by atoms with E-state index in [1.807, 2.05) is 6.07 Å². The predicted molar refractivity (Wildman–Crippen MR) is 80.5 cm³/mol. The zero-order valence-electron chi connectivity index (χ0n) is 10.6. The lowest BCUT2D eigenvalue weighted by atomic mass is 10.2. The number of hydrogen-bond acceptors (Lipinski definition) is 8. The number of hydrogen-bond donors (Lipinski definition) is 1. The number of nitro benzene ring substituents is 1. The Kier molecular flexibility index (Phi) is 4.86. The van der Waals surface area contributed by atoms with Gasteiger partial charge in [0.15, 0.2) is 4.34 Å². The van der Waals surface area contributed by atoms with Crippen LogP contribution in [0.3, 0.4) is 0 Å². The molecule has 0 fully saturated rings. The summed E-state index contributed by atoms with van der Waals surface area (Å²) >= 11 is 2.39. The van der Waals surface area contributed by atoms with Crippen molar-refractivity contribution in [3.63, 3.8) is 0 Å². The van der Waals surface area contributed by atoms with Crippen molar-refractivity contribution in [3.8, 4) is 6.07 Å². The van der Waals surface area contributed by atoms with E-state index in [2.05, 4.69) is 22.1 Å². The summed E-state index contributed by atoms with van der Waals surface area (Å²) in [5.41, 5.74) is 0.299. The van der Waals surface area contributed by atoms with Crippen molar-refractivity contribution in [2.24, 2.45) is 0 Å². The SMILES string of the molecule is C=CCNc1nnc(Sc2cc(C#N)ccc2[N+](=O)[O-])s1. The van der Waals surface area contributed by atoms with Gasteiger partial charge in [0.2, 0.25) is 5.13 Å². The Morgan fingerprint density at radius 3 is 3.05 bits per heavy atom. The van der Waals surface area contributed by atoms with Gasteiger partial charge in [-0.15, -0.1) is 16.8 Å². The normalized spacial score (nSPS) is 9.86. The largest absolute Gasteiger partial charge is 0.357 e. The molecule has 2 rings (SSSR count). The maximum atomic E-state index is 11.0. The quantitative estimate of drug-likeness (QED) is 0.495. The number of aromatic nitrogens is 2. The number of anilines is 1. The summed E-state index contributed by atoms with van der Waals surface area (Å²) in [5, 5.41) is 31.4. The molecule has 1 N–H and O–H groups in total. The number of benzene rings is 1. The first-order chi connectivity index (χ1) is 10.1. The number of nitrogens with zero attached hydrogens (tertiary/aromatic N) is 4. The predicted octanol–water partition coefficient (Wildman–Crippen LogP) is 3.07. The molecule has 1 aromatic heterocycles. The lowest BCUT2D eigenvalue weighted by molar-refractivity contribution is -0.387. The number of nitrogens with one attached hydrogen (secondary N) is 1. The van der Waals surface area contributed by atoms with Gasteiger partial charge in [0, 0.05) is 12.6 Å². The maximum Gasteiger partial charge on any atom is 0.283 e. The highest BCUT2D eigenvalue weighted by Gasteiger charge is 2.17. The van der Waals surface area contributed by atoms with Crippen molar-refractivity contribution >= 4 is 33.9 Å². The van der Waals surface area contributed by atoms with Crippen LogP contribution in [0.2, 0.25) is 0 Å². The van der Waals surface area contributed by atoms with E-state index in [0.717, 1.165) is 11.8 Å². The summed E-state index contributed by atoms with van der Waals surface area (Å²) in [6.45, 7) is 4.14. The molecule has 0 bridgehead atoms. The highest BCUT2D eigenvalue weighted by atomic mass is 32.2. The average Bonchev–Trinajstić information content (AvgIpc) is 2.92. The first kappa shape index (κ1) is 15.0. The van der Waals surface area contributed by atoms with Crippen LogP contribution in [0.1, 0.15) is 5.56 Å². The minimum absolute atomic E-state index is 0.0604. The Bertz CT molecular complexity index is 723. The third kappa shape index (κ3) is 3.77. The third-order valence-electron chi connectivity index (χ3n) is 2.29.